The minimum Gasteiger partial charge on any atom is -0.488 e. The number of rotatable bonds is 2. The van der Waals surface area contributed by atoms with Crippen molar-refractivity contribution in [3.63, 3.8) is 0 Å². The fraction of sp³-hybridized carbons (Fsp3) is 0.625. The first-order valence-electron chi connectivity index (χ1n) is 7.39. The maximum Gasteiger partial charge on any atom is 0.124 e. The summed E-state index contributed by atoms with van der Waals surface area (Å²) >= 11 is 0. The van der Waals surface area contributed by atoms with Crippen molar-refractivity contribution < 1.29 is 14.9 Å². The topological polar surface area (TPSA) is 49.7 Å². The van der Waals surface area contributed by atoms with Crippen LogP contribution in [0, 0.1) is 0 Å². The van der Waals surface area contributed by atoms with E-state index in [0.29, 0.717) is 0 Å². The Balaban J connectivity index is 1.76. The van der Waals surface area contributed by atoms with E-state index >= 15 is 0 Å². The maximum atomic E-state index is 10.0. The first kappa shape index (κ1) is 12.9. The zero-order valence-electron chi connectivity index (χ0n) is 11.2. The van der Waals surface area contributed by atoms with Crippen LogP contribution in [0.15, 0.2) is 18.2 Å². The maximum absolute atomic E-state index is 10.0. The first-order valence-corrected chi connectivity index (χ1v) is 7.39. The number of ether oxygens (including phenoxy) is 1. The summed E-state index contributed by atoms with van der Waals surface area (Å²) in [6, 6.07) is 5.99. The van der Waals surface area contributed by atoms with E-state index in [2.05, 4.69) is 6.07 Å². The number of aryl methyl sites for hydroxylation is 1. The number of benzene rings is 1. The predicted octanol–water partition coefficient (Wildman–Crippen LogP) is 2.74. The van der Waals surface area contributed by atoms with E-state index in [1.807, 2.05) is 12.1 Å². The smallest absolute Gasteiger partial charge is 0.124 e. The number of aliphatic hydroxyl groups is 2. The lowest BCUT2D eigenvalue weighted by atomic mass is 9.89. The molecule has 0 heterocycles. The summed E-state index contributed by atoms with van der Waals surface area (Å²) in [6.45, 7) is 0. The summed E-state index contributed by atoms with van der Waals surface area (Å²) in [5, 5.41) is 20.0. The van der Waals surface area contributed by atoms with Gasteiger partial charge < -0.3 is 14.9 Å². The summed E-state index contributed by atoms with van der Waals surface area (Å²) in [7, 11) is 0. The molecule has 0 bridgehead atoms. The Kier molecular flexibility index (Phi) is 3.76. The van der Waals surface area contributed by atoms with Crippen molar-refractivity contribution in [3.05, 3.63) is 29.3 Å². The molecule has 3 unspecified atom stereocenters. The van der Waals surface area contributed by atoms with Crippen molar-refractivity contribution in [2.75, 3.05) is 0 Å². The quantitative estimate of drug-likeness (QED) is 0.861. The Morgan fingerprint density at radius 2 is 1.84 bits per heavy atom. The van der Waals surface area contributed by atoms with Gasteiger partial charge in [0.05, 0.1) is 12.2 Å². The first-order chi connectivity index (χ1) is 9.24. The fourth-order valence-electron chi connectivity index (χ4n) is 3.22. The van der Waals surface area contributed by atoms with Crippen molar-refractivity contribution in [2.24, 2.45) is 0 Å². The molecular weight excluding hydrogens is 240 g/mol. The summed E-state index contributed by atoms with van der Waals surface area (Å²) in [4.78, 5) is 0. The van der Waals surface area contributed by atoms with Crippen molar-refractivity contribution >= 4 is 0 Å². The zero-order valence-corrected chi connectivity index (χ0v) is 11.2. The van der Waals surface area contributed by atoms with Gasteiger partial charge in [0, 0.05) is 0 Å². The van der Waals surface area contributed by atoms with Crippen LogP contribution in [0.2, 0.25) is 0 Å². The molecule has 3 nitrogen and oxygen atoms in total. The fourth-order valence-corrected chi connectivity index (χ4v) is 3.22. The Morgan fingerprint density at radius 1 is 1.00 bits per heavy atom. The molecule has 19 heavy (non-hydrogen) atoms. The Hall–Kier alpha value is -1.06. The van der Waals surface area contributed by atoms with Gasteiger partial charge in [0.1, 0.15) is 11.9 Å². The van der Waals surface area contributed by atoms with Crippen LogP contribution in [0.25, 0.3) is 0 Å². The highest BCUT2D eigenvalue weighted by molar-refractivity contribution is 5.38. The Morgan fingerprint density at radius 3 is 2.68 bits per heavy atom. The molecule has 1 aromatic carbocycles. The second-order valence-corrected chi connectivity index (χ2v) is 5.78. The molecule has 2 aliphatic carbocycles. The zero-order chi connectivity index (χ0) is 13.2. The highest BCUT2D eigenvalue weighted by Crippen LogP contribution is 2.33. The summed E-state index contributed by atoms with van der Waals surface area (Å²) in [6.07, 6.45) is 6.08. The van der Waals surface area contributed by atoms with Crippen LogP contribution in [-0.2, 0) is 6.42 Å². The third-order valence-electron chi connectivity index (χ3n) is 4.36. The minimum atomic E-state index is -0.358. The molecule has 3 heteroatoms. The summed E-state index contributed by atoms with van der Waals surface area (Å²) < 4.78 is 5.92. The lowest BCUT2D eigenvalue weighted by molar-refractivity contribution is 0.00669. The van der Waals surface area contributed by atoms with Crippen LogP contribution in [0.4, 0.5) is 0 Å². The van der Waals surface area contributed by atoms with E-state index in [9.17, 15) is 10.2 Å². The summed E-state index contributed by atoms with van der Waals surface area (Å²) in [5.41, 5.74) is 2.24. The third-order valence-corrected chi connectivity index (χ3v) is 4.36. The van der Waals surface area contributed by atoms with Gasteiger partial charge >= 0.3 is 0 Å². The number of hydrogen-bond acceptors (Lipinski definition) is 3. The van der Waals surface area contributed by atoms with E-state index in [0.717, 1.165) is 56.3 Å². The molecule has 1 aromatic rings. The van der Waals surface area contributed by atoms with Gasteiger partial charge in [-0.25, -0.2) is 0 Å². The van der Waals surface area contributed by atoms with Gasteiger partial charge in [-0.15, -0.1) is 0 Å². The summed E-state index contributed by atoms with van der Waals surface area (Å²) in [5.74, 6) is 0.783. The Labute approximate surface area is 114 Å². The molecular formula is C16H22O3. The molecule has 0 aliphatic heterocycles. The molecule has 0 aromatic heterocycles. The van der Waals surface area contributed by atoms with E-state index in [1.165, 1.54) is 5.56 Å². The normalized spacial score (nSPS) is 30.7. The second kappa shape index (κ2) is 5.51. The number of fused-ring (bicyclic) bond motifs is 1. The molecule has 0 amide bonds. The predicted molar refractivity (Wildman–Crippen MR) is 73.2 cm³/mol. The average molecular weight is 262 g/mol. The molecule has 1 saturated carbocycles. The molecule has 0 saturated heterocycles. The van der Waals surface area contributed by atoms with Crippen LogP contribution in [0.3, 0.4) is 0 Å². The molecule has 0 spiro atoms. The van der Waals surface area contributed by atoms with E-state index in [4.69, 9.17) is 4.74 Å². The number of aliphatic hydroxyl groups excluding tert-OH is 2. The van der Waals surface area contributed by atoms with E-state index in [1.54, 1.807) is 0 Å². The standard InChI is InChI=1S/C16H22O3/c17-14-6-3-4-11-8-9-12(10-13(11)14)19-16-7-2-1-5-15(16)18/h8-10,14-18H,1-7H2. The van der Waals surface area contributed by atoms with Gasteiger partial charge in [-0.3, -0.25) is 0 Å². The minimum absolute atomic E-state index is 0.0902. The lowest BCUT2D eigenvalue weighted by Gasteiger charge is -2.29. The lowest BCUT2D eigenvalue weighted by Crippen LogP contribution is -2.34. The molecule has 1 fully saturated rings. The van der Waals surface area contributed by atoms with Gasteiger partial charge in [0.15, 0.2) is 0 Å². The SMILES string of the molecule is OC1CCCc2ccc(OC3CCCCC3O)cc21. The second-order valence-electron chi connectivity index (χ2n) is 5.78. The molecule has 3 rings (SSSR count). The molecule has 3 atom stereocenters. The Bertz CT molecular complexity index is 444. The molecule has 2 aliphatic rings. The van der Waals surface area contributed by atoms with Gasteiger partial charge in [0.25, 0.3) is 0 Å². The van der Waals surface area contributed by atoms with Crippen molar-refractivity contribution in [1.82, 2.24) is 0 Å². The van der Waals surface area contributed by atoms with Gasteiger partial charge in [-0.05, 0) is 61.8 Å². The van der Waals surface area contributed by atoms with Crippen LogP contribution in [0.5, 0.6) is 5.75 Å². The van der Waals surface area contributed by atoms with Crippen molar-refractivity contribution in [3.8, 4) is 5.75 Å². The highest BCUT2D eigenvalue weighted by atomic mass is 16.5. The van der Waals surface area contributed by atoms with Gasteiger partial charge in [-0.1, -0.05) is 12.5 Å². The van der Waals surface area contributed by atoms with Crippen molar-refractivity contribution in [1.29, 1.82) is 0 Å². The number of hydrogen-bond donors (Lipinski definition) is 2. The van der Waals surface area contributed by atoms with Crippen LogP contribution >= 0.6 is 0 Å². The van der Waals surface area contributed by atoms with Gasteiger partial charge in [0.2, 0.25) is 0 Å². The van der Waals surface area contributed by atoms with Crippen LogP contribution in [0.1, 0.15) is 55.8 Å². The molecule has 2 N–H and O–H groups in total. The van der Waals surface area contributed by atoms with Crippen LogP contribution in [-0.4, -0.2) is 22.4 Å². The third kappa shape index (κ3) is 2.77. The van der Waals surface area contributed by atoms with Crippen molar-refractivity contribution in [2.45, 2.75) is 63.3 Å². The molecule has 0 radical (unpaired) electrons. The largest absolute Gasteiger partial charge is 0.488 e. The average Bonchev–Trinajstić information content (AvgIpc) is 2.42. The van der Waals surface area contributed by atoms with E-state index in [-0.39, 0.29) is 18.3 Å². The monoisotopic (exact) mass is 262 g/mol. The van der Waals surface area contributed by atoms with Crippen LogP contribution < -0.4 is 4.74 Å². The van der Waals surface area contributed by atoms with Gasteiger partial charge in [-0.2, -0.15) is 0 Å². The molecule has 104 valence electrons. The van der Waals surface area contributed by atoms with E-state index < -0.39 is 0 Å². The highest BCUT2D eigenvalue weighted by Gasteiger charge is 2.25.